The van der Waals surface area contributed by atoms with E-state index in [-0.39, 0.29) is 5.91 Å². The van der Waals surface area contributed by atoms with Crippen LogP contribution in [0.25, 0.3) is 17.5 Å². The number of ether oxygens (including phenoxy) is 1. The number of aryl methyl sites for hydroxylation is 2. The van der Waals surface area contributed by atoms with Gasteiger partial charge in [-0.05, 0) is 44.2 Å². The van der Waals surface area contributed by atoms with Crippen molar-refractivity contribution in [2.75, 3.05) is 7.11 Å². The summed E-state index contributed by atoms with van der Waals surface area (Å²) in [6.07, 6.45) is 3.23. The van der Waals surface area contributed by atoms with Crippen LogP contribution in [0.3, 0.4) is 0 Å². The van der Waals surface area contributed by atoms with E-state index < -0.39 is 0 Å². The Balaban J connectivity index is 1.59. The van der Waals surface area contributed by atoms with Gasteiger partial charge in [-0.3, -0.25) is 4.79 Å². The molecule has 0 bridgehead atoms. The molecule has 0 aliphatic carbocycles. The van der Waals surface area contributed by atoms with E-state index in [4.69, 9.17) is 9.15 Å². The highest BCUT2D eigenvalue weighted by molar-refractivity contribution is 7.09. The molecule has 134 valence electrons. The van der Waals surface area contributed by atoms with Gasteiger partial charge in [0.25, 0.3) is 0 Å². The van der Waals surface area contributed by atoms with E-state index in [1.807, 2.05) is 49.6 Å². The van der Waals surface area contributed by atoms with E-state index in [0.29, 0.717) is 18.1 Å². The molecule has 5 nitrogen and oxygen atoms in total. The van der Waals surface area contributed by atoms with Crippen molar-refractivity contribution >= 4 is 23.3 Å². The van der Waals surface area contributed by atoms with E-state index in [0.717, 1.165) is 27.6 Å². The SMILES string of the molecule is COc1ccc(C)cc1/C=C/C(=O)NCc1ccc(-c2csc(C)n2)o1. The van der Waals surface area contributed by atoms with E-state index >= 15 is 0 Å². The zero-order chi connectivity index (χ0) is 18.5. The molecule has 0 radical (unpaired) electrons. The second-order valence-corrected chi connectivity index (χ2v) is 6.88. The third-order valence-electron chi connectivity index (χ3n) is 3.77. The second kappa shape index (κ2) is 8.01. The molecule has 26 heavy (non-hydrogen) atoms. The third-order valence-corrected chi connectivity index (χ3v) is 4.54. The molecule has 0 saturated carbocycles. The highest BCUT2D eigenvalue weighted by Gasteiger charge is 2.08. The third kappa shape index (κ3) is 4.40. The Labute approximate surface area is 156 Å². The highest BCUT2D eigenvalue weighted by atomic mass is 32.1. The topological polar surface area (TPSA) is 64.4 Å². The van der Waals surface area contributed by atoms with Gasteiger partial charge in [-0.1, -0.05) is 11.6 Å². The van der Waals surface area contributed by atoms with Crippen LogP contribution in [0.5, 0.6) is 5.75 Å². The van der Waals surface area contributed by atoms with Gasteiger partial charge >= 0.3 is 0 Å². The summed E-state index contributed by atoms with van der Waals surface area (Å²) in [5, 5.41) is 5.75. The predicted molar refractivity (Wildman–Crippen MR) is 103 cm³/mol. The monoisotopic (exact) mass is 368 g/mol. The molecule has 2 aromatic heterocycles. The lowest BCUT2D eigenvalue weighted by molar-refractivity contribution is -0.116. The van der Waals surface area contributed by atoms with Crippen molar-refractivity contribution in [1.82, 2.24) is 10.3 Å². The number of hydrogen-bond acceptors (Lipinski definition) is 5. The first-order valence-electron chi connectivity index (χ1n) is 8.17. The predicted octanol–water partition coefficient (Wildman–Crippen LogP) is 4.36. The van der Waals surface area contributed by atoms with Gasteiger partial charge in [0, 0.05) is 17.0 Å². The number of aromatic nitrogens is 1. The maximum atomic E-state index is 12.1. The van der Waals surface area contributed by atoms with Gasteiger partial charge < -0.3 is 14.5 Å². The van der Waals surface area contributed by atoms with Crippen LogP contribution < -0.4 is 10.1 Å². The first kappa shape index (κ1) is 17.9. The molecular formula is C20H20N2O3S. The van der Waals surface area contributed by atoms with Gasteiger partial charge in [-0.15, -0.1) is 11.3 Å². The van der Waals surface area contributed by atoms with Crippen molar-refractivity contribution in [3.63, 3.8) is 0 Å². The summed E-state index contributed by atoms with van der Waals surface area (Å²) in [6.45, 7) is 4.26. The fourth-order valence-corrected chi connectivity index (χ4v) is 3.07. The number of benzene rings is 1. The minimum atomic E-state index is -0.198. The average molecular weight is 368 g/mol. The van der Waals surface area contributed by atoms with Crippen LogP contribution in [-0.2, 0) is 11.3 Å². The summed E-state index contributed by atoms with van der Waals surface area (Å²) in [6, 6.07) is 9.53. The lowest BCUT2D eigenvalue weighted by atomic mass is 10.1. The van der Waals surface area contributed by atoms with Crippen LogP contribution in [0.15, 0.2) is 46.2 Å². The molecule has 0 unspecified atom stereocenters. The van der Waals surface area contributed by atoms with Gasteiger partial charge in [0.2, 0.25) is 5.91 Å². The lowest BCUT2D eigenvalue weighted by Gasteiger charge is -2.05. The van der Waals surface area contributed by atoms with E-state index in [1.54, 1.807) is 24.5 Å². The van der Waals surface area contributed by atoms with Gasteiger partial charge in [0.15, 0.2) is 5.76 Å². The molecule has 0 atom stereocenters. The van der Waals surface area contributed by atoms with Gasteiger partial charge in [-0.2, -0.15) is 0 Å². The Morgan fingerprint density at radius 3 is 2.88 bits per heavy atom. The number of methoxy groups -OCH3 is 1. The zero-order valence-electron chi connectivity index (χ0n) is 14.9. The Morgan fingerprint density at radius 1 is 1.31 bits per heavy atom. The number of nitrogens with one attached hydrogen (secondary N) is 1. The molecule has 3 aromatic rings. The quantitative estimate of drug-likeness (QED) is 0.657. The van der Waals surface area contributed by atoms with Crippen LogP contribution in [0.4, 0.5) is 0 Å². The molecule has 0 spiro atoms. The van der Waals surface area contributed by atoms with E-state index in [2.05, 4.69) is 10.3 Å². The minimum Gasteiger partial charge on any atom is -0.496 e. The summed E-state index contributed by atoms with van der Waals surface area (Å²) >= 11 is 1.57. The van der Waals surface area contributed by atoms with Crippen LogP contribution in [-0.4, -0.2) is 18.0 Å². The average Bonchev–Trinajstić information content (AvgIpc) is 3.27. The standard InChI is InChI=1S/C20H20N2O3S/c1-13-4-7-18(24-3)15(10-13)5-9-20(23)21-11-16-6-8-19(25-16)17-12-26-14(2)22-17/h4-10,12H,11H2,1-3H3,(H,21,23)/b9-5+. The second-order valence-electron chi connectivity index (χ2n) is 5.81. The smallest absolute Gasteiger partial charge is 0.244 e. The normalized spacial score (nSPS) is 11.0. The number of thiazole rings is 1. The van der Waals surface area contributed by atoms with Crippen molar-refractivity contribution in [2.24, 2.45) is 0 Å². The first-order valence-corrected chi connectivity index (χ1v) is 9.05. The summed E-state index contributed by atoms with van der Waals surface area (Å²) in [4.78, 5) is 16.5. The lowest BCUT2D eigenvalue weighted by Crippen LogP contribution is -2.19. The van der Waals surface area contributed by atoms with Crippen molar-refractivity contribution < 1.29 is 13.9 Å². The summed E-state index contributed by atoms with van der Waals surface area (Å²) in [7, 11) is 1.61. The number of amides is 1. The molecule has 1 N–H and O–H groups in total. The van der Waals surface area contributed by atoms with Crippen molar-refractivity contribution in [2.45, 2.75) is 20.4 Å². The maximum absolute atomic E-state index is 12.1. The Morgan fingerprint density at radius 2 is 2.15 bits per heavy atom. The van der Waals surface area contributed by atoms with E-state index in [9.17, 15) is 4.79 Å². The van der Waals surface area contributed by atoms with Crippen LogP contribution in [0.1, 0.15) is 21.9 Å². The molecule has 3 rings (SSSR count). The zero-order valence-corrected chi connectivity index (χ0v) is 15.7. The summed E-state index contributed by atoms with van der Waals surface area (Å²) < 4.78 is 11.0. The molecule has 0 aliphatic rings. The molecule has 0 saturated heterocycles. The van der Waals surface area contributed by atoms with Crippen molar-refractivity contribution in [3.8, 4) is 17.2 Å². The largest absolute Gasteiger partial charge is 0.496 e. The van der Waals surface area contributed by atoms with Crippen LogP contribution in [0.2, 0.25) is 0 Å². The van der Waals surface area contributed by atoms with Gasteiger partial charge in [0.05, 0.1) is 18.7 Å². The molecular weight excluding hydrogens is 348 g/mol. The fraction of sp³-hybridized carbons (Fsp3) is 0.200. The number of nitrogens with zero attached hydrogens (tertiary/aromatic N) is 1. The first-order chi connectivity index (χ1) is 12.5. The Bertz CT molecular complexity index is 940. The Kier molecular flexibility index (Phi) is 5.53. The molecule has 2 heterocycles. The van der Waals surface area contributed by atoms with Crippen LogP contribution in [0, 0.1) is 13.8 Å². The van der Waals surface area contributed by atoms with Crippen molar-refractivity contribution in [1.29, 1.82) is 0 Å². The summed E-state index contributed by atoms with van der Waals surface area (Å²) in [5.74, 6) is 1.92. The maximum Gasteiger partial charge on any atom is 0.244 e. The van der Waals surface area contributed by atoms with Crippen molar-refractivity contribution in [3.05, 3.63) is 63.7 Å². The Hall–Kier alpha value is -2.86. The number of carbonyl (C=O) groups excluding carboxylic acids is 1. The molecule has 0 aliphatic heterocycles. The molecule has 1 amide bonds. The van der Waals surface area contributed by atoms with Crippen LogP contribution >= 0.6 is 11.3 Å². The highest BCUT2D eigenvalue weighted by Crippen LogP contribution is 2.24. The minimum absolute atomic E-state index is 0.198. The molecule has 1 aromatic carbocycles. The van der Waals surface area contributed by atoms with Gasteiger partial charge in [-0.25, -0.2) is 4.98 Å². The number of rotatable bonds is 6. The van der Waals surface area contributed by atoms with E-state index in [1.165, 1.54) is 6.08 Å². The number of hydrogen-bond donors (Lipinski definition) is 1. The molecule has 6 heteroatoms. The number of carbonyl (C=O) groups is 1. The van der Waals surface area contributed by atoms with Gasteiger partial charge in [0.1, 0.15) is 17.2 Å². The summed E-state index contributed by atoms with van der Waals surface area (Å²) in [5.41, 5.74) is 2.78. The molecule has 0 fully saturated rings. The fourth-order valence-electron chi connectivity index (χ4n) is 2.47. The number of furan rings is 1.